The summed E-state index contributed by atoms with van der Waals surface area (Å²) in [5.74, 6) is -0.273. The minimum Gasteiger partial charge on any atom is -0.406 e. The van der Waals surface area contributed by atoms with Crippen LogP contribution >= 0.6 is 12.2 Å². The first kappa shape index (κ1) is 25.9. The summed E-state index contributed by atoms with van der Waals surface area (Å²) in [6.07, 6.45) is -3.07. The molecule has 3 rings (SSSR count). The molecule has 0 aromatic heterocycles. The van der Waals surface area contributed by atoms with Crippen LogP contribution < -0.4 is 15.5 Å². The van der Waals surface area contributed by atoms with Gasteiger partial charge in [0.2, 0.25) is 0 Å². The Bertz CT molecular complexity index is 1220. The Morgan fingerprint density at radius 3 is 2.31 bits per heavy atom. The predicted molar refractivity (Wildman–Crippen MR) is 138 cm³/mol. The van der Waals surface area contributed by atoms with E-state index in [2.05, 4.69) is 25.6 Å². The summed E-state index contributed by atoms with van der Waals surface area (Å²) in [7, 11) is 0. The molecule has 0 bridgehead atoms. The molecule has 0 radical (unpaired) electrons. The Kier molecular flexibility index (Phi) is 8.59. The van der Waals surface area contributed by atoms with E-state index < -0.39 is 6.36 Å². The summed E-state index contributed by atoms with van der Waals surface area (Å²) in [4.78, 5) is 4.48. The van der Waals surface area contributed by atoms with Crippen LogP contribution in [0.1, 0.15) is 34.7 Å². The summed E-state index contributed by atoms with van der Waals surface area (Å²) in [6.45, 7) is 6.14. The highest BCUT2D eigenvalue weighted by molar-refractivity contribution is 7.80. The number of aliphatic imine (C=N–C) groups is 1. The Morgan fingerprint density at radius 1 is 1.00 bits per heavy atom. The molecular formula is C26H25F3N4OS. The first-order chi connectivity index (χ1) is 16.6. The van der Waals surface area contributed by atoms with Gasteiger partial charge in [-0.05, 0) is 72.9 Å². The third kappa shape index (κ3) is 8.22. The van der Waals surface area contributed by atoms with Crippen LogP contribution in [0, 0.1) is 13.8 Å². The SMILES string of the molecule is CC(=NCc1ccc(/C=N/NC(=S)Nc2c(C)cccc2C)cc1)c1cccc(OC(F)(F)F)c1. The maximum Gasteiger partial charge on any atom is 0.573 e. The first-order valence-electron chi connectivity index (χ1n) is 10.7. The van der Waals surface area contributed by atoms with Crippen molar-refractivity contribution < 1.29 is 17.9 Å². The fourth-order valence-corrected chi connectivity index (χ4v) is 3.40. The van der Waals surface area contributed by atoms with Gasteiger partial charge in [-0.15, -0.1) is 13.2 Å². The highest BCUT2D eigenvalue weighted by atomic mass is 32.1. The van der Waals surface area contributed by atoms with Gasteiger partial charge in [0.1, 0.15) is 5.75 Å². The molecule has 0 fully saturated rings. The number of rotatable bonds is 7. The number of ether oxygens (including phenoxy) is 1. The topological polar surface area (TPSA) is 58.0 Å². The van der Waals surface area contributed by atoms with Crippen LogP contribution in [-0.4, -0.2) is 23.4 Å². The summed E-state index contributed by atoms with van der Waals surface area (Å²) in [5, 5.41) is 7.73. The molecule has 0 aliphatic rings. The minimum absolute atomic E-state index is 0.273. The molecule has 35 heavy (non-hydrogen) atoms. The Morgan fingerprint density at radius 2 is 1.66 bits per heavy atom. The van der Waals surface area contributed by atoms with E-state index in [0.717, 1.165) is 27.9 Å². The molecular weight excluding hydrogens is 473 g/mol. The van der Waals surface area contributed by atoms with E-state index in [1.807, 2.05) is 56.3 Å². The smallest absolute Gasteiger partial charge is 0.406 e. The lowest BCUT2D eigenvalue weighted by atomic mass is 10.1. The number of aryl methyl sites for hydroxylation is 2. The minimum atomic E-state index is -4.73. The average molecular weight is 499 g/mol. The number of thiocarbonyl (C=S) groups is 1. The summed E-state index contributed by atoms with van der Waals surface area (Å²) in [6, 6.07) is 19.4. The molecule has 182 valence electrons. The highest BCUT2D eigenvalue weighted by Crippen LogP contribution is 2.24. The fraction of sp³-hybridized carbons (Fsp3) is 0.192. The molecule has 0 saturated heterocycles. The molecule has 0 saturated carbocycles. The van der Waals surface area contributed by atoms with Crippen LogP contribution in [0.4, 0.5) is 18.9 Å². The fourth-order valence-electron chi connectivity index (χ4n) is 3.25. The van der Waals surface area contributed by atoms with E-state index in [1.165, 1.54) is 18.2 Å². The lowest BCUT2D eigenvalue weighted by Gasteiger charge is -2.12. The highest BCUT2D eigenvalue weighted by Gasteiger charge is 2.31. The number of hydrazone groups is 1. The van der Waals surface area contributed by atoms with Crippen molar-refractivity contribution in [2.45, 2.75) is 33.7 Å². The van der Waals surface area contributed by atoms with Crippen molar-refractivity contribution in [1.29, 1.82) is 0 Å². The number of halogens is 3. The Hall–Kier alpha value is -3.72. The normalized spacial score (nSPS) is 12.0. The molecule has 9 heteroatoms. The van der Waals surface area contributed by atoms with Gasteiger partial charge in [0.15, 0.2) is 5.11 Å². The Balaban J connectivity index is 1.54. The Labute approximate surface area is 207 Å². The summed E-state index contributed by atoms with van der Waals surface area (Å²) in [5.41, 5.74) is 8.94. The number of para-hydroxylation sites is 1. The lowest BCUT2D eigenvalue weighted by Crippen LogP contribution is -2.24. The van der Waals surface area contributed by atoms with Gasteiger partial charge in [-0.2, -0.15) is 5.10 Å². The van der Waals surface area contributed by atoms with E-state index in [-0.39, 0.29) is 5.75 Å². The number of hydrogen-bond acceptors (Lipinski definition) is 4. The standard InChI is InChI=1S/C26H25F3N4OS/c1-17-6-4-7-18(2)24(17)32-25(35)33-31-16-21-12-10-20(11-13-21)15-30-19(3)22-8-5-9-23(14-22)34-26(27,28)29/h4-14,16H,15H2,1-3H3,(H2,32,33,35)/b30-19?,31-16+. The quantitative estimate of drug-likeness (QED) is 0.221. The van der Waals surface area contributed by atoms with Crippen LogP contribution in [-0.2, 0) is 6.54 Å². The molecule has 0 aliphatic heterocycles. The van der Waals surface area contributed by atoms with Crippen molar-refractivity contribution in [1.82, 2.24) is 5.43 Å². The van der Waals surface area contributed by atoms with Crippen molar-refractivity contribution in [2.75, 3.05) is 5.32 Å². The zero-order valence-electron chi connectivity index (χ0n) is 19.5. The third-order valence-corrected chi connectivity index (χ3v) is 5.26. The van der Waals surface area contributed by atoms with Crippen LogP contribution in [0.2, 0.25) is 0 Å². The van der Waals surface area contributed by atoms with Crippen LogP contribution in [0.15, 0.2) is 76.8 Å². The lowest BCUT2D eigenvalue weighted by molar-refractivity contribution is -0.274. The van der Waals surface area contributed by atoms with Crippen molar-refractivity contribution in [2.24, 2.45) is 10.1 Å². The summed E-state index contributed by atoms with van der Waals surface area (Å²) >= 11 is 5.31. The largest absolute Gasteiger partial charge is 0.573 e. The van der Waals surface area contributed by atoms with Gasteiger partial charge in [0.25, 0.3) is 0 Å². The van der Waals surface area contributed by atoms with Gasteiger partial charge in [0, 0.05) is 11.4 Å². The van der Waals surface area contributed by atoms with Gasteiger partial charge in [-0.3, -0.25) is 10.4 Å². The van der Waals surface area contributed by atoms with Crippen LogP contribution in [0.25, 0.3) is 0 Å². The predicted octanol–water partition coefficient (Wildman–Crippen LogP) is 6.53. The number of nitrogens with one attached hydrogen (secondary N) is 2. The zero-order chi connectivity index (χ0) is 25.4. The van der Waals surface area contributed by atoms with E-state index >= 15 is 0 Å². The van der Waals surface area contributed by atoms with Gasteiger partial charge in [0.05, 0.1) is 12.8 Å². The number of nitrogens with zero attached hydrogens (tertiary/aromatic N) is 2. The average Bonchev–Trinajstić information content (AvgIpc) is 2.80. The molecule has 5 nitrogen and oxygen atoms in total. The van der Waals surface area contributed by atoms with Gasteiger partial charge in [-0.1, -0.05) is 54.6 Å². The molecule has 0 heterocycles. The molecule has 0 amide bonds. The molecule has 0 spiro atoms. The van der Waals surface area contributed by atoms with Crippen LogP contribution in [0.3, 0.4) is 0 Å². The van der Waals surface area contributed by atoms with Gasteiger partial charge >= 0.3 is 6.36 Å². The second-order valence-corrected chi connectivity index (χ2v) is 8.22. The maximum absolute atomic E-state index is 12.4. The van der Waals surface area contributed by atoms with Crippen molar-refractivity contribution in [3.8, 4) is 5.75 Å². The number of hydrogen-bond donors (Lipinski definition) is 2. The first-order valence-corrected chi connectivity index (χ1v) is 11.1. The van der Waals surface area contributed by atoms with Gasteiger partial charge < -0.3 is 10.1 Å². The van der Waals surface area contributed by atoms with Gasteiger partial charge in [-0.25, -0.2) is 0 Å². The molecule has 2 N–H and O–H groups in total. The van der Waals surface area contributed by atoms with E-state index in [4.69, 9.17) is 12.2 Å². The van der Waals surface area contributed by atoms with E-state index in [0.29, 0.717) is 22.9 Å². The van der Waals surface area contributed by atoms with Crippen molar-refractivity contribution in [3.05, 3.63) is 94.5 Å². The van der Waals surface area contributed by atoms with Crippen molar-refractivity contribution in [3.63, 3.8) is 0 Å². The number of alkyl halides is 3. The zero-order valence-corrected chi connectivity index (χ0v) is 20.3. The molecule has 0 atom stereocenters. The molecule has 0 aliphatic carbocycles. The molecule has 0 unspecified atom stereocenters. The maximum atomic E-state index is 12.4. The second-order valence-electron chi connectivity index (χ2n) is 7.81. The third-order valence-electron chi connectivity index (χ3n) is 5.06. The monoisotopic (exact) mass is 498 g/mol. The van der Waals surface area contributed by atoms with E-state index in [1.54, 1.807) is 19.2 Å². The molecule has 3 aromatic rings. The van der Waals surface area contributed by atoms with E-state index in [9.17, 15) is 13.2 Å². The van der Waals surface area contributed by atoms with Crippen molar-refractivity contribution >= 4 is 34.9 Å². The van der Waals surface area contributed by atoms with Crippen LogP contribution in [0.5, 0.6) is 5.75 Å². The second kappa shape index (κ2) is 11.6. The number of benzene rings is 3. The summed E-state index contributed by atoms with van der Waals surface area (Å²) < 4.78 is 41.3. The number of anilines is 1. The molecule has 3 aromatic carbocycles.